The van der Waals surface area contributed by atoms with E-state index >= 15 is 0 Å². The van der Waals surface area contributed by atoms with Gasteiger partial charge in [-0.25, -0.2) is 0 Å². The van der Waals surface area contributed by atoms with E-state index in [-0.39, 0.29) is 0 Å². The zero-order valence-corrected chi connectivity index (χ0v) is 8.22. The van der Waals surface area contributed by atoms with Crippen molar-refractivity contribution in [2.24, 2.45) is 0 Å². The molecule has 0 aromatic carbocycles. The van der Waals surface area contributed by atoms with Crippen LogP contribution in [-0.4, -0.2) is 76.1 Å². The first-order valence-electron chi connectivity index (χ1n) is 4.54. The van der Waals surface area contributed by atoms with Crippen LogP contribution in [0.2, 0.25) is 0 Å². The second kappa shape index (κ2) is 5.17. The third-order valence-electron chi connectivity index (χ3n) is 2.43. The highest BCUT2D eigenvalue weighted by Crippen LogP contribution is 2.21. The van der Waals surface area contributed by atoms with Gasteiger partial charge >= 0.3 is 0 Å². The molecule has 0 amide bonds. The first-order chi connectivity index (χ1) is 7.02. The lowest BCUT2D eigenvalue weighted by Crippen LogP contribution is -2.47. The van der Waals surface area contributed by atoms with Gasteiger partial charge in [0.25, 0.3) is 0 Å². The van der Waals surface area contributed by atoms with Gasteiger partial charge in [0.15, 0.2) is 6.29 Å². The van der Waals surface area contributed by atoms with E-state index in [1.165, 1.54) is 7.11 Å². The second-order valence-corrected chi connectivity index (χ2v) is 3.42. The fourth-order valence-electron chi connectivity index (χ4n) is 1.46. The predicted molar refractivity (Wildman–Crippen MR) is 46.8 cm³/mol. The largest absolute Gasteiger partial charge is 0.394 e. The van der Waals surface area contributed by atoms with Crippen LogP contribution < -0.4 is 0 Å². The molecular formula is C8H16O7. The highest BCUT2D eigenvalue weighted by molar-refractivity contribution is 4.90. The Balaban J connectivity index is 2.85. The minimum atomic E-state index is -1.60. The molecule has 0 aliphatic carbocycles. The molecule has 0 aromatic rings. The van der Waals surface area contributed by atoms with Gasteiger partial charge in [-0.15, -0.1) is 0 Å². The summed E-state index contributed by atoms with van der Waals surface area (Å²) in [6.07, 6.45) is -8.49. The van der Waals surface area contributed by atoms with Crippen molar-refractivity contribution in [1.29, 1.82) is 0 Å². The Morgan fingerprint density at radius 3 is 2.00 bits per heavy atom. The van der Waals surface area contributed by atoms with Gasteiger partial charge in [0, 0.05) is 7.11 Å². The molecule has 1 heterocycles. The molecule has 1 aliphatic heterocycles. The summed E-state index contributed by atoms with van der Waals surface area (Å²) in [6.45, 7) is -0.558. The van der Waals surface area contributed by atoms with Crippen molar-refractivity contribution in [1.82, 2.24) is 0 Å². The number of hydrogen-bond donors (Lipinski definition) is 5. The van der Waals surface area contributed by atoms with Crippen LogP contribution in [0, 0.1) is 0 Å². The van der Waals surface area contributed by atoms with Crippen LogP contribution in [0.1, 0.15) is 0 Å². The summed E-state index contributed by atoms with van der Waals surface area (Å²) < 4.78 is 9.70. The van der Waals surface area contributed by atoms with E-state index < -0.39 is 43.4 Å². The Labute approximate surface area is 86.5 Å². The third kappa shape index (κ3) is 2.45. The number of aliphatic hydroxyl groups is 5. The normalized spacial score (nSPS) is 47.6. The minimum absolute atomic E-state index is 0.558. The smallest absolute Gasteiger partial charge is 0.186 e. The summed E-state index contributed by atoms with van der Waals surface area (Å²) in [5.74, 6) is 0. The topological polar surface area (TPSA) is 120 Å². The van der Waals surface area contributed by atoms with Crippen molar-refractivity contribution in [3.63, 3.8) is 0 Å². The van der Waals surface area contributed by atoms with E-state index in [2.05, 4.69) is 0 Å². The fraction of sp³-hybridized carbons (Fsp3) is 1.00. The average molecular weight is 224 g/mol. The van der Waals surface area contributed by atoms with Crippen LogP contribution >= 0.6 is 0 Å². The number of hydrogen-bond acceptors (Lipinski definition) is 7. The van der Waals surface area contributed by atoms with Crippen molar-refractivity contribution < 1.29 is 35.0 Å². The average Bonchev–Trinajstić information content (AvgIpc) is 2.33. The molecule has 0 radical (unpaired) electrons. The van der Waals surface area contributed by atoms with Crippen LogP contribution in [-0.2, 0) is 9.47 Å². The van der Waals surface area contributed by atoms with Crippen molar-refractivity contribution >= 4 is 0 Å². The van der Waals surface area contributed by atoms with Crippen LogP contribution in [0.25, 0.3) is 0 Å². The summed E-state index contributed by atoms with van der Waals surface area (Å²) in [7, 11) is 1.24. The third-order valence-corrected chi connectivity index (χ3v) is 2.43. The number of aliphatic hydroxyl groups excluding tert-OH is 5. The summed E-state index contributed by atoms with van der Waals surface area (Å²) in [4.78, 5) is 0. The van der Waals surface area contributed by atoms with E-state index in [0.717, 1.165) is 0 Å². The van der Waals surface area contributed by atoms with E-state index in [4.69, 9.17) is 14.6 Å². The van der Waals surface area contributed by atoms with Crippen LogP contribution in [0.5, 0.6) is 0 Å². The van der Waals surface area contributed by atoms with Gasteiger partial charge in [-0.3, -0.25) is 0 Å². The van der Waals surface area contributed by atoms with Gasteiger partial charge in [0.05, 0.1) is 6.61 Å². The van der Waals surface area contributed by atoms with Crippen molar-refractivity contribution in [2.45, 2.75) is 36.8 Å². The lowest BCUT2D eigenvalue weighted by Gasteiger charge is -2.23. The molecular weight excluding hydrogens is 208 g/mol. The van der Waals surface area contributed by atoms with Crippen molar-refractivity contribution in [2.75, 3.05) is 13.7 Å². The Kier molecular flexibility index (Phi) is 4.41. The highest BCUT2D eigenvalue weighted by Gasteiger charge is 2.44. The molecule has 7 heteroatoms. The summed E-state index contributed by atoms with van der Waals surface area (Å²) in [5, 5.41) is 46.6. The SMILES string of the molecule is CO[C@H]1O[C@H](CO)[C@@H](O)[C@H](O)[C@H](O)[C@@H]1O. The molecule has 7 nitrogen and oxygen atoms in total. The van der Waals surface area contributed by atoms with Gasteiger partial charge in [0.2, 0.25) is 0 Å². The molecule has 0 unspecified atom stereocenters. The van der Waals surface area contributed by atoms with Gasteiger partial charge < -0.3 is 35.0 Å². The van der Waals surface area contributed by atoms with Crippen LogP contribution in [0.4, 0.5) is 0 Å². The van der Waals surface area contributed by atoms with Gasteiger partial charge in [0.1, 0.15) is 30.5 Å². The van der Waals surface area contributed by atoms with Gasteiger partial charge in [-0.2, -0.15) is 0 Å². The van der Waals surface area contributed by atoms with Crippen LogP contribution in [0.15, 0.2) is 0 Å². The number of ether oxygens (including phenoxy) is 2. The van der Waals surface area contributed by atoms with E-state index in [9.17, 15) is 20.4 Å². The van der Waals surface area contributed by atoms with Gasteiger partial charge in [-0.05, 0) is 0 Å². The summed E-state index contributed by atoms with van der Waals surface area (Å²) >= 11 is 0. The zero-order chi connectivity index (χ0) is 11.6. The number of rotatable bonds is 2. The second-order valence-electron chi connectivity index (χ2n) is 3.42. The summed E-state index contributed by atoms with van der Waals surface area (Å²) in [6, 6.07) is 0. The lowest BCUT2D eigenvalue weighted by atomic mass is 10.0. The quantitative estimate of drug-likeness (QED) is 0.335. The van der Waals surface area contributed by atoms with Crippen molar-refractivity contribution in [3.05, 3.63) is 0 Å². The molecule has 15 heavy (non-hydrogen) atoms. The highest BCUT2D eigenvalue weighted by atomic mass is 16.7. The Bertz CT molecular complexity index is 170. The Morgan fingerprint density at radius 1 is 1.00 bits per heavy atom. The maximum atomic E-state index is 9.47. The molecule has 1 fully saturated rings. The van der Waals surface area contributed by atoms with E-state index in [1.807, 2.05) is 0 Å². The molecule has 0 aromatic heterocycles. The molecule has 1 rings (SSSR count). The monoisotopic (exact) mass is 224 g/mol. The standard InChI is InChI=1S/C8H16O7/c1-14-8-7(13)6(12)5(11)4(10)3(2-9)15-8/h3-13H,2H2,1H3/t3-,4-,5+,6+,7+,8+/m1/s1. The van der Waals surface area contributed by atoms with Crippen LogP contribution in [0.3, 0.4) is 0 Å². The maximum absolute atomic E-state index is 9.47. The lowest BCUT2D eigenvalue weighted by molar-refractivity contribution is -0.221. The Hall–Kier alpha value is -0.280. The molecule has 90 valence electrons. The fourth-order valence-corrected chi connectivity index (χ4v) is 1.46. The first kappa shape index (κ1) is 12.8. The van der Waals surface area contributed by atoms with E-state index in [0.29, 0.717) is 0 Å². The minimum Gasteiger partial charge on any atom is -0.394 e. The Morgan fingerprint density at radius 2 is 1.53 bits per heavy atom. The number of methoxy groups -OCH3 is 1. The molecule has 5 N–H and O–H groups in total. The zero-order valence-electron chi connectivity index (χ0n) is 8.22. The molecule has 0 saturated carbocycles. The molecule has 0 spiro atoms. The molecule has 6 atom stereocenters. The predicted octanol–water partition coefficient (Wildman–Crippen LogP) is -3.21. The van der Waals surface area contributed by atoms with E-state index in [1.54, 1.807) is 0 Å². The molecule has 1 aliphatic rings. The summed E-state index contributed by atoms with van der Waals surface area (Å²) in [5.41, 5.74) is 0. The molecule has 0 bridgehead atoms. The van der Waals surface area contributed by atoms with Gasteiger partial charge in [-0.1, -0.05) is 0 Å². The first-order valence-corrected chi connectivity index (χ1v) is 4.54. The maximum Gasteiger partial charge on any atom is 0.186 e. The molecule has 1 saturated heterocycles. The van der Waals surface area contributed by atoms with Crippen molar-refractivity contribution in [3.8, 4) is 0 Å².